The van der Waals surface area contributed by atoms with Gasteiger partial charge in [-0.25, -0.2) is 8.42 Å². The third kappa shape index (κ3) is 4.37. The molecule has 5 nitrogen and oxygen atoms in total. The van der Waals surface area contributed by atoms with Gasteiger partial charge < -0.3 is 9.47 Å². The highest BCUT2D eigenvalue weighted by molar-refractivity contribution is 7.88. The molecule has 0 bridgehead atoms. The summed E-state index contributed by atoms with van der Waals surface area (Å²) < 4.78 is 35.1. The number of nitrogens with zero attached hydrogens (tertiary/aromatic N) is 1. The van der Waals surface area contributed by atoms with E-state index in [2.05, 4.69) is 6.92 Å². The van der Waals surface area contributed by atoms with Gasteiger partial charge in [0.25, 0.3) is 0 Å². The molecule has 0 aromatic rings. The second-order valence-electron chi connectivity index (χ2n) is 4.24. The molecule has 0 saturated carbocycles. The topological polar surface area (TPSA) is 55.8 Å². The normalized spacial score (nSPS) is 23.5. The molecule has 0 spiro atoms. The van der Waals surface area contributed by atoms with Crippen molar-refractivity contribution >= 4 is 10.0 Å². The van der Waals surface area contributed by atoms with Gasteiger partial charge in [-0.3, -0.25) is 0 Å². The standard InChI is InChI=1S/C10H21NO4S/c1-10-4-3-5-11(8-10)16(12,13)9-15-7-6-14-2/h10H,3-9H2,1-2H3. The van der Waals surface area contributed by atoms with Crippen LogP contribution in [0, 0.1) is 5.92 Å². The zero-order valence-corrected chi connectivity index (χ0v) is 10.8. The summed E-state index contributed by atoms with van der Waals surface area (Å²) in [5.41, 5.74) is 0. The van der Waals surface area contributed by atoms with Crippen molar-refractivity contribution in [2.45, 2.75) is 19.8 Å². The molecule has 1 fully saturated rings. The fraction of sp³-hybridized carbons (Fsp3) is 1.00. The summed E-state index contributed by atoms with van der Waals surface area (Å²) in [4.78, 5) is 0. The number of methoxy groups -OCH3 is 1. The Morgan fingerprint density at radius 1 is 1.38 bits per heavy atom. The van der Waals surface area contributed by atoms with Crippen molar-refractivity contribution in [3.05, 3.63) is 0 Å². The molecule has 1 aliphatic heterocycles. The zero-order chi connectivity index (χ0) is 12.0. The second kappa shape index (κ2) is 6.54. The molecule has 0 aromatic carbocycles. The first-order valence-electron chi connectivity index (χ1n) is 5.61. The van der Waals surface area contributed by atoms with E-state index in [-0.39, 0.29) is 5.94 Å². The summed E-state index contributed by atoms with van der Waals surface area (Å²) in [5.74, 6) is 0.214. The van der Waals surface area contributed by atoms with Crippen LogP contribution >= 0.6 is 0 Å². The average Bonchev–Trinajstić information content (AvgIpc) is 2.24. The SMILES string of the molecule is COCCOCS(=O)(=O)N1CCCC(C)C1. The molecule has 16 heavy (non-hydrogen) atoms. The van der Waals surface area contributed by atoms with Crippen LogP contribution in [0.5, 0.6) is 0 Å². The molecule has 1 rings (SSSR count). The third-order valence-corrected chi connectivity index (χ3v) is 4.26. The van der Waals surface area contributed by atoms with E-state index in [9.17, 15) is 8.42 Å². The van der Waals surface area contributed by atoms with Gasteiger partial charge in [0.1, 0.15) is 0 Å². The molecular weight excluding hydrogens is 230 g/mol. The molecule has 1 atom stereocenters. The first-order valence-corrected chi connectivity index (χ1v) is 7.21. The van der Waals surface area contributed by atoms with Gasteiger partial charge >= 0.3 is 0 Å². The van der Waals surface area contributed by atoms with Gasteiger partial charge in [0.05, 0.1) is 13.2 Å². The minimum absolute atomic E-state index is 0.233. The van der Waals surface area contributed by atoms with E-state index in [0.29, 0.717) is 32.2 Å². The lowest BCUT2D eigenvalue weighted by molar-refractivity contribution is 0.0904. The molecule has 1 heterocycles. The van der Waals surface area contributed by atoms with Gasteiger partial charge in [-0.1, -0.05) is 6.92 Å². The fourth-order valence-electron chi connectivity index (χ4n) is 1.78. The maximum atomic E-state index is 11.9. The van der Waals surface area contributed by atoms with Crippen LogP contribution in [0.1, 0.15) is 19.8 Å². The van der Waals surface area contributed by atoms with Crippen molar-refractivity contribution in [3.63, 3.8) is 0 Å². The Kier molecular flexibility index (Phi) is 5.68. The monoisotopic (exact) mass is 251 g/mol. The molecule has 0 aromatic heterocycles. The van der Waals surface area contributed by atoms with Crippen LogP contribution < -0.4 is 0 Å². The quantitative estimate of drug-likeness (QED) is 0.651. The summed E-state index contributed by atoms with van der Waals surface area (Å²) >= 11 is 0. The van der Waals surface area contributed by atoms with Crippen molar-refractivity contribution in [1.82, 2.24) is 4.31 Å². The first-order chi connectivity index (χ1) is 7.56. The Morgan fingerprint density at radius 2 is 2.12 bits per heavy atom. The highest BCUT2D eigenvalue weighted by Gasteiger charge is 2.26. The highest BCUT2D eigenvalue weighted by Crippen LogP contribution is 2.18. The number of hydrogen-bond donors (Lipinski definition) is 0. The van der Waals surface area contributed by atoms with Crippen molar-refractivity contribution in [2.24, 2.45) is 5.92 Å². The van der Waals surface area contributed by atoms with Crippen LogP contribution in [0.3, 0.4) is 0 Å². The lowest BCUT2D eigenvalue weighted by atomic mass is 10.0. The van der Waals surface area contributed by atoms with E-state index in [0.717, 1.165) is 12.8 Å². The molecule has 0 amide bonds. The molecule has 6 heteroatoms. The molecule has 0 aliphatic carbocycles. The van der Waals surface area contributed by atoms with E-state index in [1.54, 1.807) is 7.11 Å². The molecule has 1 saturated heterocycles. The van der Waals surface area contributed by atoms with Crippen molar-refractivity contribution in [3.8, 4) is 0 Å². The summed E-state index contributed by atoms with van der Waals surface area (Å²) in [5, 5.41) is 0. The smallest absolute Gasteiger partial charge is 0.238 e. The summed E-state index contributed by atoms with van der Waals surface area (Å²) in [7, 11) is -1.68. The van der Waals surface area contributed by atoms with Crippen molar-refractivity contribution in [2.75, 3.05) is 39.4 Å². The summed E-state index contributed by atoms with van der Waals surface area (Å²) in [6.07, 6.45) is 2.05. The van der Waals surface area contributed by atoms with Crippen LogP contribution in [-0.2, 0) is 19.5 Å². The first kappa shape index (κ1) is 13.9. The minimum Gasteiger partial charge on any atom is -0.382 e. The summed E-state index contributed by atoms with van der Waals surface area (Å²) in [6, 6.07) is 0. The predicted molar refractivity (Wildman–Crippen MR) is 61.6 cm³/mol. The number of ether oxygens (including phenoxy) is 2. The Labute approximate surface area is 97.8 Å². The summed E-state index contributed by atoms with van der Waals surface area (Å²) in [6.45, 7) is 4.06. The Morgan fingerprint density at radius 3 is 2.75 bits per heavy atom. The van der Waals surface area contributed by atoms with E-state index in [1.165, 1.54) is 4.31 Å². The molecular formula is C10H21NO4S. The number of hydrogen-bond acceptors (Lipinski definition) is 4. The van der Waals surface area contributed by atoms with Crippen LogP contribution in [0.25, 0.3) is 0 Å². The van der Waals surface area contributed by atoms with Crippen molar-refractivity contribution < 1.29 is 17.9 Å². The Bertz CT molecular complexity index is 291. The van der Waals surface area contributed by atoms with E-state index in [4.69, 9.17) is 9.47 Å². The third-order valence-electron chi connectivity index (χ3n) is 2.68. The maximum Gasteiger partial charge on any atom is 0.238 e. The van der Waals surface area contributed by atoms with Gasteiger partial charge in [0.2, 0.25) is 10.0 Å². The highest BCUT2D eigenvalue weighted by atomic mass is 32.2. The van der Waals surface area contributed by atoms with Crippen molar-refractivity contribution in [1.29, 1.82) is 0 Å². The number of piperidine rings is 1. The van der Waals surface area contributed by atoms with Crippen LogP contribution in [0.15, 0.2) is 0 Å². The minimum atomic E-state index is -3.24. The van der Waals surface area contributed by atoms with Gasteiger partial charge in [-0.05, 0) is 18.8 Å². The molecule has 1 unspecified atom stereocenters. The molecule has 96 valence electrons. The van der Waals surface area contributed by atoms with Crippen LogP contribution in [0.4, 0.5) is 0 Å². The average molecular weight is 251 g/mol. The van der Waals surface area contributed by atoms with Gasteiger partial charge in [0.15, 0.2) is 5.94 Å². The van der Waals surface area contributed by atoms with Crippen LogP contribution in [0.2, 0.25) is 0 Å². The second-order valence-corrected chi connectivity index (χ2v) is 6.15. The number of rotatable bonds is 6. The Hall–Kier alpha value is -0.170. The Balaban J connectivity index is 2.37. The van der Waals surface area contributed by atoms with Gasteiger partial charge in [-0.15, -0.1) is 0 Å². The molecule has 0 N–H and O–H groups in total. The lowest BCUT2D eigenvalue weighted by Crippen LogP contribution is -2.40. The molecule has 1 aliphatic rings. The van der Waals surface area contributed by atoms with Gasteiger partial charge in [-0.2, -0.15) is 4.31 Å². The molecule has 0 radical (unpaired) electrons. The largest absolute Gasteiger partial charge is 0.382 e. The predicted octanol–water partition coefficient (Wildman–Crippen LogP) is 0.669. The zero-order valence-electron chi connectivity index (χ0n) is 10.0. The van der Waals surface area contributed by atoms with E-state index in [1.807, 2.05) is 0 Å². The fourth-order valence-corrected chi connectivity index (χ4v) is 3.15. The number of sulfonamides is 1. The maximum absolute atomic E-state index is 11.9. The van der Waals surface area contributed by atoms with E-state index >= 15 is 0 Å². The lowest BCUT2D eigenvalue weighted by Gasteiger charge is -2.29. The van der Waals surface area contributed by atoms with Crippen LogP contribution in [-0.4, -0.2) is 52.1 Å². The van der Waals surface area contributed by atoms with E-state index < -0.39 is 10.0 Å². The van der Waals surface area contributed by atoms with Gasteiger partial charge in [0, 0.05) is 20.2 Å².